The van der Waals surface area contributed by atoms with Gasteiger partial charge in [0.25, 0.3) is 15.9 Å². The molecule has 0 aliphatic carbocycles. The van der Waals surface area contributed by atoms with Gasteiger partial charge in [-0.25, -0.2) is 13.8 Å². The maximum absolute atomic E-state index is 12.7. The van der Waals surface area contributed by atoms with Gasteiger partial charge in [-0.2, -0.15) is 5.10 Å². The second kappa shape index (κ2) is 9.23. The predicted molar refractivity (Wildman–Crippen MR) is 116 cm³/mol. The summed E-state index contributed by atoms with van der Waals surface area (Å²) in [7, 11) is -2.30. The predicted octanol–water partition coefficient (Wildman–Crippen LogP) is 3.57. The summed E-state index contributed by atoms with van der Waals surface area (Å²) in [6.45, 7) is 1.87. The number of benzene rings is 3. The topological polar surface area (TPSA) is 96.9 Å². The highest BCUT2D eigenvalue weighted by Crippen LogP contribution is 2.20. The molecule has 30 heavy (non-hydrogen) atoms. The SMILES string of the molecule is COc1ccccc1C=NNC(=O)c1ccccc1NS(=O)(=O)c1ccc(C)cc1. The van der Waals surface area contributed by atoms with E-state index in [1.807, 2.05) is 19.1 Å². The van der Waals surface area contributed by atoms with Gasteiger partial charge in [-0.1, -0.05) is 42.0 Å². The molecule has 0 aromatic heterocycles. The van der Waals surface area contributed by atoms with Gasteiger partial charge in [-0.05, 0) is 43.3 Å². The smallest absolute Gasteiger partial charge is 0.273 e. The minimum Gasteiger partial charge on any atom is -0.496 e. The summed E-state index contributed by atoms with van der Waals surface area (Å²) in [6, 6.07) is 20.0. The maximum atomic E-state index is 12.7. The van der Waals surface area contributed by atoms with Crippen molar-refractivity contribution >= 4 is 27.8 Å². The minimum absolute atomic E-state index is 0.109. The number of hydrazone groups is 1. The Kier molecular flexibility index (Phi) is 6.48. The van der Waals surface area contributed by atoms with Crippen LogP contribution >= 0.6 is 0 Å². The quantitative estimate of drug-likeness (QED) is 0.448. The Hall–Kier alpha value is -3.65. The number of para-hydroxylation sites is 2. The Morgan fingerprint density at radius 3 is 2.37 bits per heavy atom. The molecule has 0 atom stereocenters. The summed E-state index contributed by atoms with van der Waals surface area (Å²) in [5, 5.41) is 3.95. The summed E-state index contributed by atoms with van der Waals surface area (Å²) >= 11 is 0. The van der Waals surface area contributed by atoms with Crippen LogP contribution in [0.3, 0.4) is 0 Å². The molecule has 0 fully saturated rings. The van der Waals surface area contributed by atoms with E-state index in [0.717, 1.165) is 5.56 Å². The second-order valence-corrected chi connectivity index (χ2v) is 8.09. The van der Waals surface area contributed by atoms with E-state index < -0.39 is 15.9 Å². The summed E-state index contributed by atoms with van der Waals surface area (Å²) in [5.74, 6) is 0.0603. The third-order valence-electron chi connectivity index (χ3n) is 4.26. The molecule has 3 aromatic carbocycles. The Labute approximate surface area is 175 Å². The van der Waals surface area contributed by atoms with Crippen molar-refractivity contribution < 1.29 is 17.9 Å². The lowest BCUT2D eigenvalue weighted by Gasteiger charge is -2.12. The zero-order valence-electron chi connectivity index (χ0n) is 16.5. The monoisotopic (exact) mass is 423 g/mol. The van der Waals surface area contributed by atoms with E-state index in [1.54, 1.807) is 43.5 Å². The van der Waals surface area contributed by atoms with E-state index in [4.69, 9.17) is 4.74 Å². The lowest BCUT2D eigenvalue weighted by atomic mass is 10.2. The second-order valence-electron chi connectivity index (χ2n) is 6.41. The molecule has 3 rings (SSSR count). The van der Waals surface area contributed by atoms with E-state index in [-0.39, 0.29) is 16.1 Å². The van der Waals surface area contributed by atoms with Crippen LogP contribution in [0.2, 0.25) is 0 Å². The summed E-state index contributed by atoms with van der Waals surface area (Å²) in [5.41, 5.74) is 4.35. The molecule has 7 nitrogen and oxygen atoms in total. The molecule has 154 valence electrons. The first kappa shape index (κ1) is 21.1. The molecule has 0 aliphatic rings. The first-order valence-electron chi connectivity index (χ1n) is 9.05. The number of ether oxygens (including phenoxy) is 1. The number of nitrogens with one attached hydrogen (secondary N) is 2. The highest BCUT2D eigenvalue weighted by atomic mass is 32.2. The van der Waals surface area contributed by atoms with Gasteiger partial charge in [-0.3, -0.25) is 9.52 Å². The van der Waals surface area contributed by atoms with Crippen molar-refractivity contribution in [3.63, 3.8) is 0 Å². The van der Waals surface area contributed by atoms with Crippen LogP contribution in [-0.2, 0) is 10.0 Å². The molecule has 0 bridgehead atoms. The fourth-order valence-corrected chi connectivity index (χ4v) is 3.76. The van der Waals surface area contributed by atoms with Gasteiger partial charge in [0.15, 0.2) is 0 Å². The summed E-state index contributed by atoms with van der Waals surface area (Å²) < 4.78 is 33.0. The van der Waals surface area contributed by atoms with Crippen LogP contribution in [0.4, 0.5) is 5.69 Å². The van der Waals surface area contributed by atoms with Crippen molar-refractivity contribution in [1.82, 2.24) is 5.43 Å². The van der Waals surface area contributed by atoms with E-state index in [0.29, 0.717) is 11.3 Å². The van der Waals surface area contributed by atoms with Crippen molar-refractivity contribution in [2.45, 2.75) is 11.8 Å². The standard InChI is InChI=1S/C22H21N3O4S/c1-16-11-13-18(14-12-16)30(27,28)25-20-9-5-4-8-19(20)22(26)24-23-15-17-7-3-6-10-21(17)29-2/h3-15,25H,1-2H3,(H,24,26). The molecular weight excluding hydrogens is 402 g/mol. The highest BCUT2D eigenvalue weighted by Gasteiger charge is 2.18. The molecule has 0 spiro atoms. The molecule has 8 heteroatoms. The van der Waals surface area contributed by atoms with E-state index >= 15 is 0 Å². The van der Waals surface area contributed by atoms with Crippen LogP contribution in [0.15, 0.2) is 82.8 Å². The van der Waals surface area contributed by atoms with Crippen molar-refractivity contribution in [1.29, 1.82) is 0 Å². The van der Waals surface area contributed by atoms with Crippen LogP contribution in [0, 0.1) is 6.92 Å². The molecule has 3 aromatic rings. The Balaban J connectivity index is 1.78. The van der Waals surface area contributed by atoms with Crippen molar-refractivity contribution in [3.05, 3.63) is 89.5 Å². The van der Waals surface area contributed by atoms with Crippen LogP contribution in [0.5, 0.6) is 5.75 Å². The summed E-state index contributed by atoms with van der Waals surface area (Å²) in [4.78, 5) is 12.7. The van der Waals surface area contributed by atoms with Gasteiger partial charge >= 0.3 is 0 Å². The van der Waals surface area contributed by atoms with Gasteiger partial charge in [0, 0.05) is 5.56 Å². The van der Waals surface area contributed by atoms with Crippen molar-refractivity contribution in [3.8, 4) is 5.75 Å². The van der Waals surface area contributed by atoms with Crippen LogP contribution in [0.1, 0.15) is 21.5 Å². The van der Waals surface area contributed by atoms with Gasteiger partial charge in [0.1, 0.15) is 5.75 Å². The van der Waals surface area contributed by atoms with Gasteiger partial charge in [0.2, 0.25) is 0 Å². The van der Waals surface area contributed by atoms with Gasteiger partial charge in [0.05, 0.1) is 29.5 Å². The first-order chi connectivity index (χ1) is 14.4. The largest absolute Gasteiger partial charge is 0.496 e. The Bertz CT molecular complexity index is 1170. The number of amides is 1. The number of nitrogens with zero attached hydrogens (tertiary/aromatic N) is 1. The van der Waals surface area contributed by atoms with Gasteiger partial charge < -0.3 is 4.74 Å². The van der Waals surface area contributed by atoms with Crippen LogP contribution in [0.25, 0.3) is 0 Å². The Morgan fingerprint density at radius 2 is 1.63 bits per heavy atom. The molecule has 0 unspecified atom stereocenters. The molecule has 0 saturated carbocycles. The highest BCUT2D eigenvalue weighted by molar-refractivity contribution is 7.92. The average molecular weight is 423 g/mol. The number of rotatable bonds is 7. The molecular formula is C22H21N3O4S. The maximum Gasteiger partial charge on any atom is 0.273 e. The first-order valence-corrected chi connectivity index (χ1v) is 10.5. The zero-order valence-corrected chi connectivity index (χ0v) is 17.3. The molecule has 0 radical (unpaired) electrons. The molecule has 0 saturated heterocycles. The van der Waals surface area contributed by atoms with E-state index in [1.165, 1.54) is 30.5 Å². The molecule has 1 amide bonds. The number of methoxy groups -OCH3 is 1. The zero-order chi connectivity index (χ0) is 21.6. The lowest BCUT2D eigenvalue weighted by molar-refractivity contribution is 0.0956. The normalized spacial score (nSPS) is 11.3. The fraction of sp³-hybridized carbons (Fsp3) is 0.0909. The van der Waals surface area contributed by atoms with E-state index in [2.05, 4.69) is 15.2 Å². The number of hydrogen-bond acceptors (Lipinski definition) is 5. The van der Waals surface area contributed by atoms with Crippen molar-refractivity contribution in [2.75, 3.05) is 11.8 Å². The average Bonchev–Trinajstić information content (AvgIpc) is 2.74. The lowest BCUT2D eigenvalue weighted by Crippen LogP contribution is -2.21. The Morgan fingerprint density at radius 1 is 0.967 bits per heavy atom. The van der Waals surface area contributed by atoms with Crippen LogP contribution in [-0.4, -0.2) is 27.6 Å². The number of anilines is 1. The van der Waals surface area contributed by atoms with Crippen molar-refractivity contribution in [2.24, 2.45) is 5.10 Å². The van der Waals surface area contributed by atoms with E-state index in [9.17, 15) is 13.2 Å². The number of carbonyl (C=O) groups excluding carboxylic acids is 1. The number of carbonyl (C=O) groups is 1. The molecule has 0 aliphatic heterocycles. The molecule has 2 N–H and O–H groups in total. The van der Waals surface area contributed by atoms with Crippen LogP contribution < -0.4 is 14.9 Å². The molecule has 0 heterocycles. The summed E-state index contributed by atoms with van der Waals surface area (Å²) in [6.07, 6.45) is 1.45. The third kappa shape index (κ3) is 5.03. The minimum atomic E-state index is -3.84. The number of sulfonamides is 1. The number of aryl methyl sites for hydroxylation is 1. The number of hydrogen-bond donors (Lipinski definition) is 2. The third-order valence-corrected chi connectivity index (χ3v) is 5.64. The fourth-order valence-electron chi connectivity index (χ4n) is 2.68. The van der Waals surface area contributed by atoms with Gasteiger partial charge in [-0.15, -0.1) is 0 Å².